The van der Waals surface area contributed by atoms with Crippen molar-refractivity contribution in [2.24, 2.45) is 0 Å². The van der Waals surface area contributed by atoms with Gasteiger partial charge in [-0.1, -0.05) is 11.6 Å². The molecule has 0 atom stereocenters. The predicted molar refractivity (Wildman–Crippen MR) is 79.9 cm³/mol. The Morgan fingerprint density at radius 1 is 1.17 bits per heavy atom. The second-order valence-electron chi connectivity index (χ2n) is 4.67. The third-order valence-electron chi connectivity index (χ3n) is 3.33. The van der Waals surface area contributed by atoms with Crippen molar-refractivity contribution in [3.05, 3.63) is 60.9 Å². The second-order valence-corrected chi connectivity index (χ2v) is 5.08. The minimum atomic E-state index is -0.752. The molecule has 2 heterocycles. The highest BCUT2D eigenvalue weighted by Gasteiger charge is 2.32. The van der Waals surface area contributed by atoms with Crippen molar-refractivity contribution in [3.8, 4) is 5.69 Å². The number of non-ortho nitro benzene ring substituents is 1. The summed E-state index contributed by atoms with van der Waals surface area (Å²) < 4.78 is 0.854. The number of amides is 2. The molecular formula is C13H7ClN4O5. The number of rotatable bonds is 2. The highest BCUT2D eigenvalue weighted by molar-refractivity contribution is 6.32. The lowest BCUT2D eigenvalue weighted by molar-refractivity contribution is -0.384. The number of nitrogens with zero attached hydrogens (tertiary/aromatic N) is 2. The first-order valence-corrected chi connectivity index (χ1v) is 6.54. The molecule has 10 heteroatoms. The van der Waals surface area contributed by atoms with Gasteiger partial charge in [0.15, 0.2) is 0 Å². The number of carbonyl (C=O) groups is 2. The monoisotopic (exact) mass is 334 g/mol. The van der Waals surface area contributed by atoms with Gasteiger partial charge < -0.3 is 5.73 Å². The Labute approximate surface area is 132 Å². The van der Waals surface area contributed by atoms with Crippen LogP contribution in [0.25, 0.3) is 5.69 Å². The zero-order valence-corrected chi connectivity index (χ0v) is 12.0. The molecule has 1 aromatic heterocycles. The van der Waals surface area contributed by atoms with E-state index in [1.165, 1.54) is 6.07 Å². The predicted octanol–water partition coefficient (Wildman–Crippen LogP) is 0.865. The zero-order valence-electron chi connectivity index (χ0n) is 11.2. The van der Waals surface area contributed by atoms with E-state index in [9.17, 15) is 24.5 Å². The number of carbonyl (C=O) groups excluding carboxylic acids is 2. The first-order valence-electron chi connectivity index (χ1n) is 6.16. The smallest absolute Gasteiger partial charge is 0.271 e. The number of nitro groups is 1. The Bertz CT molecular complexity index is 966. The summed E-state index contributed by atoms with van der Waals surface area (Å²) in [5.74, 6) is -1.80. The van der Waals surface area contributed by atoms with Gasteiger partial charge in [0.05, 0.1) is 26.8 Å². The summed E-state index contributed by atoms with van der Waals surface area (Å²) in [5.41, 5.74) is 4.42. The van der Waals surface area contributed by atoms with Crippen LogP contribution in [0.3, 0.4) is 0 Å². The van der Waals surface area contributed by atoms with Crippen molar-refractivity contribution in [1.82, 2.24) is 9.88 Å². The molecule has 1 aromatic carbocycles. The van der Waals surface area contributed by atoms with Gasteiger partial charge in [0.25, 0.3) is 23.1 Å². The lowest BCUT2D eigenvalue weighted by Gasteiger charge is -2.13. The third kappa shape index (κ3) is 2.14. The standard InChI is InChI=1S/C13H7ClN4O5/c14-7-2-1-5(18(22)23)3-8(7)17-9(19)4-6-10(11(17)15)13(21)16-12(6)20/h1-4H,15H2,(H,16,20,21). The Morgan fingerprint density at radius 2 is 1.87 bits per heavy atom. The summed E-state index contributed by atoms with van der Waals surface area (Å²) in [4.78, 5) is 45.8. The normalized spacial score (nSPS) is 12.9. The average Bonchev–Trinajstić information content (AvgIpc) is 2.75. The molecule has 2 amide bonds. The Hall–Kier alpha value is -3.20. The van der Waals surface area contributed by atoms with Crippen molar-refractivity contribution >= 4 is 34.9 Å². The number of halogens is 1. The van der Waals surface area contributed by atoms with E-state index in [0.717, 1.165) is 22.8 Å². The molecule has 3 rings (SSSR count). The highest BCUT2D eigenvalue weighted by atomic mass is 35.5. The molecule has 0 saturated heterocycles. The van der Waals surface area contributed by atoms with Crippen LogP contribution in [0.1, 0.15) is 20.7 Å². The summed E-state index contributed by atoms with van der Waals surface area (Å²) in [6, 6.07) is 4.39. The maximum Gasteiger partial charge on any atom is 0.271 e. The lowest BCUT2D eigenvalue weighted by atomic mass is 10.1. The number of nitro benzene ring substituents is 1. The van der Waals surface area contributed by atoms with Gasteiger partial charge in [-0.3, -0.25) is 34.4 Å². The summed E-state index contributed by atoms with van der Waals surface area (Å²) in [5, 5.41) is 12.9. The van der Waals surface area contributed by atoms with Gasteiger partial charge in [-0.25, -0.2) is 0 Å². The van der Waals surface area contributed by atoms with Crippen LogP contribution < -0.4 is 16.6 Å². The number of hydrogen-bond acceptors (Lipinski definition) is 6. The van der Waals surface area contributed by atoms with Crippen LogP contribution in [0.15, 0.2) is 29.1 Å². The fraction of sp³-hybridized carbons (Fsp3) is 0. The van der Waals surface area contributed by atoms with Crippen LogP contribution in [-0.2, 0) is 0 Å². The quantitative estimate of drug-likeness (QED) is 0.474. The number of anilines is 1. The fourth-order valence-corrected chi connectivity index (χ4v) is 2.52. The van der Waals surface area contributed by atoms with Crippen LogP contribution >= 0.6 is 11.6 Å². The molecular weight excluding hydrogens is 328 g/mol. The summed E-state index contributed by atoms with van der Waals surface area (Å²) >= 11 is 5.99. The van der Waals surface area contributed by atoms with Gasteiger partial charge >= 0.3 is 0 Å². The molecule has 9 nitrogen and oxygen atoms in total. The van der Waals surface area contributed by atoms with E-state index in [1.807, 2.05) is 5.32 Å². The molecule has 0 aliphatic carbocycles. The van der Waals surface area contributed by atoms with Crippen LogP contribution in [-0.4, -0.2) is 21.3 Å². The molecule has 0 saturated carbocycles. The second kappa shape index (κ2) is 4.92. The number of nitrogens with one attached hydrogen (secondary N) is 1. The van der Waals surface area contributed by atoms with Crippen molar-refractivity contribution < 1.29 is 14.5 Å². The highest BCUT2D eigenvalue weighted by Crippen LogP contribution is 2.29. The molecule has 1 aliphatic rings. The number of aromatic nitrogens is 1. The lowest BCUT2D eigenvalue weighted by Crippen LogP contribution is -2.24. The number of nitrogens with two attached hydrogens (primary N) is 1. The van der Waals surface area contributed by atoms with Crippen molar-refractivity contribution in [3.63, 3.8) is 0 Å². The van der Waals surface area contributed by atoms with Crippen LogP contribution in [0, 0.1) is 10.1 Å². The summed E-state index contributed by atoms with van der Waals surface area (Å²) in [6.07, 6.45) is 0. The van der Waals surface area contributed by atoms with Crippen molar-refractivity contribution in [2.75, 3.05) is 5.73 Å². The molecule has 0 radical (unpaired) electrons. The van der Waals surface area contributed by atoms with Gasteiger partial charge in [0.1, 0.15) is 5.82 Å². The fourth-order valence-electron chi connectivity index (χ4n) is 2.31. The number of fused-ring (bicyclic) bond motifs is 1. The van der Waals surface area contributed by atoms with E-state index in [1.54, 1.807) is 0 Å². The number of pyridine rings is 1. The number of benzene rings is 1. The van der Waals surface area contributed by atoms with Gasteiger partial charge in [-0.2, -0.15) is 0 Å². The van der Waals surface area contributed by atoms with E-state index in [-0.39, 0.29) is 33.3 Å². The van der Waals surface area contributed by atoms with Gasteiger partial charge in [-0.15, -0.1) is 0 Å². The third-order valence-corrected chi connectivity index (χ3v) is 3.65. The van der Waals surface area contributed by atoms with Crippen molar-refractivity contribution in [2.45, 2.75) is 0 Å². The molecule has 0 unspecified atom stereocenters. The average molecular weight is 335 g/mol. The minimum absolute atomic E-state index is 0.0223. The first-order chi connectivity index (χ1) is 10.8. The molecule has 0 spiro atoms. The Balaban J connectivity index is 2.35. The molecule has 1 aliphatic heterocycles. The maximum atomic E-state index is 12.2. The first kappa shape index (κ1) is 14.7. The zero-order chi connectivity index (χ0) is 16.9. The van der Waals surface area contributed by atoms with E-state index in [2.05, 4.69) is 0 Å². The number of nitrogen functional groups attached to an aromatic ring is 1. The molecule has 3 N–H and O–H groups in total. The van der Waals surface area contributed by atoms with Crippen molar-refractivity contribution in [1.29, 1.82) is 0 Å². The van der Waals surface area contributed by atoms with E-state index in [4.69, 9.17) is 17.3 Å². The summed E-state index contributed by atoms with van der Waals surface area (Å²) in [7, 11) is 0. The van der Waals surface area contributed by atoms with Crippen LogP contribution in [0.5, 0.6) is 0 Å². The van der Waals surface area contributed by atoms with Gasteiger partial charge in [0, 0.05) is 18.2 Å². The van der Waals surface area contributed by atoms with Crippen LogP contribution in [0.4, 0.5) is 11.5 Å². The molecule has 0 fully saturated rings. The minimum Gasteiger partial charge on any atom is -0.384 e. The van der Waals surface area contributed by atoms with E-state index in [0.29, 0.717) is 0 Å². The van der Waals surface area contributed by atoms with Gasteiger partial charge in [0.2, 0.25) is 0 Å². The summed E-state index contributed by atoms with van der Waals surface area (Å²) in [6.45, 7) is 0. The molecule has 2 aromatic rings. The molecule has 116 valence electrons. The van der Waals surface area contributed by atoms with Gasteiger partial charge in [-0.05, 0) is 6.07 Å². The Kier molecular flexibility index (Phi) is 3.15. The molecule has 23 heavy (non-hydrogen) atoms. The largest absolute Gasteiger partial charge is 0.384 e. The van der Waals surface area contributed by atoms with E-state index >= 15 is 0 Å². The maximum absolute atomic E-state index is 12.2. The number of hydrogen-bond donors (Lipinski definition) is 2. The Morgan fingerprint density at radius 3 is 2.52 bits per heavy atom. The van der Waals surface area contributed by atoms with Crippen LogP contribution in [0.2, 0.25) is 5.02 Å². The number of imide groups is 1. The topological polar surface area (TPSA) is 137 Å². The van der Waals surface area contributed by atoms with E-state index < -0.39 is 22.3 Å². The SMILES string of the molecule is Nc1c2c(cc(=O)n1-c1cc([N+](=O)[O-])ccc1Cl)C(=O)NC2=O. The molecule has 0 bridgehead atoms.